The van der Waals surface area contributed by atoms with E-state index in [0.29, 0.717) is 5.75 Å². The number of carbonyl (C=O) groups excluding carboxylic acids is 1. The van der Waals surface area contributed by atoms with Crippen LogP contribution in [0.3, 0.4) is 0 Å². The number of carbonyl (C=O) groups is 1. The van der Waals surface area contributed by atoms with Crippen LogP contribution in [0.15, 0.2) is 84.9 Å². The van der Waals surface area contributed by atoms with Gasteiger partial charge in [0, 0.05) is 17.8 Å². The second-order valence-electron chi connectivity index (χ2n) is 6.81. The van der Waals surface area contributed by atoms with Gasteiger partial charge in [-0.2, -0.15) is 0 Å². The van der Waals surface area contributed by atoms with Gasteiger partial charge in [0.2, 0.25) is 0 Å². The monoisotopic (exact) mass is 389 g/mol. The Balaban J connectivity index is 1.71. The summed E-state index contributed by atoms with van der Waals surface area (Å²) in [6.07, 6.45) is 0.915. The van der Waals surface area contributed by atoms with Crippen LogP contribution in [0.1, 0.15) is 26.7 Å². The molecule has 4 nitrogen and oxygen atoms in total. The zero-order valence-corrected chi connectivity index (χ0v) is 17.0. The van der Waals surface area contributed by atoms with Crippen LogP contribution in [0.25, 0.3) is 11.1 Å². The van der Waals surface area contributed by atoms with E-state index in [0.717, 1.165) is 36.2 Å². The first-order valence-electron chi connectivity index (χ1n) is 10.0. The average molecular weight is 389 g/mol. The number of rotatable bonds is 8. The van der Waals surface area contributed by atoms with E-state index in [1.165, 1.54) is 0 Å². The van der Waals surface area contributed by atoms with E-state index in [-0.39, 0.29) is 0 Å². The van der Waals surface area contributed by atoms with Crippen LogP contribution in [0, 0.1) is 0 Å². The molecule has 150 valence electrons. The molecular formula is C25H27NO3. The lowest BCUT2D eigenvalue weighted by molar-refractivity contribution is 0.0641. The molecule has 0 saturated carbocycles. The SMILES string of the molecule is CCCCN(c1ccccc1)C(C)OC(=O)Oc1ccccc1-c1ccccc1. The summed E-state index contributed by atoms with van der Waals surface area (Å²) in [7, 11) is 0. The molecule has 0 heterocycles. The number of hydrogen-bond donors (Lipinski definition) is 0. The third-order valence-electron chi connectivity index (χ3n) is 4.71. The minimum Gasteiger partial charge on any atom is -0.410 e. The number of para-hydroxylation sites is 2. The van der Waals surface area contributed by atoms with Gasteiger partial charge >= 0.3 is 6.16 Å². The van der Waals surface area contributed by atoms with Crippen molar-refractivity contribution < 1.29 is 14.3 Å². The molecule has 4 heteroatoms. The molecule has 0 N–H and O–H groups in total. The molecular weight excluding hydrogens is 362 g/mol. The maximum atomic E-state index is 12.5. The van der Waals surface area contributed by atoms with Gasteiger partial charge < -0.3 is 14.4 Å². The number of hydrogen-bond acceptors (Lipinski definition) is 4. The largest absolute Gasteiger partial charge is 0.515 e. The Labute approximate surface area is 172 Å². The Morgan fingerprint density at radius 1 is 0.897 bits per heavy atom. The van der Waals surface area contributed by atoms with Crippen molar-refractivity contribution in [3.8, 4) is 16.9 Å². The van der Waals surface area contributed by atoms with Crippen LogP contribution in [-0.4, -0.2) is 18.9 Å². The van der Waals surface area contributed by atoms with Gasteiger partial charge in [-0.3, -0.25) is 0 Å². The quantitative estimate of drug-likeness (QED) is 0.250. The molecule has 0 radical (unpaired) electrons. The van der Waals surface area contributed by atoms with Crippen molar-refractivity contribution in [2.75, 3.05) is 11.4 Å². The molecule has 3 aromatic carbocycles. The normalized spacial score (nSPS) is 11.5. The van der Waals surface area contributed by atoms with Crippen LogP contribution in [-0.2, 0) is 4.74 Å². The molecule has 1 unspecified atom stereocenters. The van der Waals surface area contributed by atoms with Gasteiger partial charge in [-0.15, -0.1) is 0 Å². The van der Waals surface area contributed by atoms with Crippen molar-refractivity contribution in [3.63, 3.8) is 0 Å². The van der Waals surface area contributed by atoms with E-state index in [2.05, 4.69) is 11.8 Å². The lowest BCUT2D eigenvalue weighted by atomic mass is 10.1. The number of benzene rings is 3. The van der Waals surface area contributed by atoms with Crippen molar-refractivity contribution in [2.24, 2.45) is 0 Å². The Morgan fingerprint density at radius 3 is 2.21 bits per heavy atom. The molecule has 0 amide bonds. The first-order valence-corrected chi connectivity index (χ1v) is 10.0. The van der Waals surface area contributed by atoms with E-state index >= 15 is 0 Å². The van der Waals surface area contributed by atoms with Gasteiger partial charge in [0.1, 0.15) is 5.75 Å². The predicted octanol–water partition coefficient (Wildman–Crippen LogP) is 6.52. The lowest BCUT2D eigenvalue weighted by Crippen LogP contribution is -2.38. The van der Waals surface area contributed by atoms with E-state index < -0.39 is 12.4 Å². The molecule has 29 heavy (non-hydrogen) atoms. The van der Waals surface area contributed by atoms with E-state index in [4.69, 9.17) is 9.47 Å². The summed E-state index contributed by atoms with van der Waals surface area (Å²) in [6, 6.07) is 27.3. The standard InChI is InChI=1S/C25H27NO3/c1-3-4-19-26(22-15-9-6-10-16-22)20(2)28-25(27)29-24-18-12-11-17-23(24)21-13-7-5-8-14-21/h5-18,20H,3-4,19H2,1-2H3. The minimum absolute atomic E-state index is 0.444. The summed E-state index contributed by atoms with van der Waals surface area (Å²) in [5, 5.41) is 0. The maximum Gasteiger partial charge on any atom is 0.515 e. The number of anilines is 1. The fourth-order valence-electron chi connectivity index (χ4n) is 3.20. The number of nitrogens with zero attached hydrogens (tertiary/aromatic N) is 1. The zero-order chi connectivity index (χ0) is 20.5. The highest BCUT2D eigenvalue weighted by atomic mass is 16.7. The number of ether oxygens (including phenoxy) is 2. The minimum atomic E-state index is -0.710. The maximum absolute atomic E-state index is 12.5. The summed E-state index contributed by atoms with van der Waals surface area (Å²) < 4.78 is 11.2. The smallest absolute Gasteiger partial charge is 0.410 e. The molecule has 0 aliphatic heterocycles. The second-order valence-corrected chi connectivity index (χ2v) is 6.81. The average Bonchev–Trinajstić information content (AvgIpc) is 2.75. The van der Waals surface area contributed by atoms with E-state index in [1.807, 2.05) is 85.8 Å². The van der Waals surface area contributed by atoms with Crippen molar-refractivity contribution in [3.05, 3.63) is 84.9 Å². The molecule has 0 saturated heterocycles. The zero-order valence-electron chi connectivity index (χ0n) is 17.0. The highest BCUT2D eigenvalue weighted by Gasteiger charge is 2.20. The molecule has 3 aromatic rings. The van der Waals surface area contributed by atoms with Gasteiger partial charge in [0.15, 0.2) is 6.23 Å². The Kier molecular flexibility index (Phi) is 7.28. The van der Waals surface area contributed by atoms with Crippen LogP contribution in [0.5, 0.6) is 5.75 Å². The summed E-state index contributed by atoms with van der Waals surface area (Å²) in [5.41, 5.74) is 2.85. The molecule has 3 rings (SSSR count). The molecule has 0 aromatic heterocycles. The topological polar surface area (TPSA) is 38.8 Å². The fourth-order valence-corrected chi connectivity index (χ4v) is 3.20. The highest BCUT2D eigenvalue weighted by molar-refractivity contribution is 5.74. The van der Waals surface area contributed by atoms with Gasteiger partial charge in [0.05, 0.1) is 0 Å². The number of unbranched alkanes of at least 4 members (excludes halogenated alkanes) is 1. The van der Waals surface area contributed by atoms with Crippen molar-refractivity contribution in [1.29, 1.82) is 0 Å². The molecule has 1 atom stereocenters. The van der Waals surface area contributed by atoms with Gasteiger partial charge in [-0.05, 0) is 37.1 Å². The first kappa shape index (κ1) is 20.5. The molecule has 0 aliphatic rings. The Morgan fingerprint density at radius 2 is 1.52 bits per heavy atom. The molecule has 0 bridgehead atoms. The highest BCUT2D eigenvalue weighted by Crippen LogP contribution is 2.30. The lowest BCUT2D eigenvalue weighted by Gasteiger charge is -2.30. The third-order valence-corrected chi connectivity index (χ3v) is 4.71. The van der Waals surface area contributed by atoms with Crippen molar-refractivity contribution in [1.82, 2.24) is 0 Å². The summed E-state index contributed by atoms with van der Waals surface area (Å²) in [5.74, 6) is 0.482. The van der Waals surface area contributed by atoms with Gasteiger partial charge in [-0.1, -0.05) is 80.1 Å². The van der Waals surface area contributed by atoms with Gasteiger partial charge in [-0.25, -0.2) is 4.79 Å². The first-order chi connectivity index (χ1) is 14.2. The van der Waals surface area contributed by atoms with Crippen LogP contribution in [0.4, 0.5) is 10.5 Å². The summed E-state index contributed by atoms with van der Waals surface area (Å²) in [4.78, 5) is 14.6. The second kappa shape index (κ2) is 10.3. The third kappa shape index (κ3) is 5.61. The van der Waals surface area contributed by atoms with Crippen LogP contribution >= 0.6 is 0 Å². The predicted molar refractivity (Wildman–Crippen MR) is 117 cm³/mol. The van der Waals surface area contributed by atoms with Crippen molar-refractivity contribution >= 4 is 11.8 Å². The van der Waals surface area contributed by atoms with Crippen LogP contribution in [0.2, 0.25) is 0 Å². The van der Waals surface area contributed by atoms with Crippen molar-refractivity contribution in [2.45, 2.75) is 32.9 Å². The Hall–Kier alpha value is -3.27. The molecule has 0 aliphatic carbocycles. The molecule has 0 spiro atoms. The fraction of sp³-hybridized carbons (Fsp3) is 0.240. The Bertz CT molecular complexity index is 896. The van der Waals surface area contributed by atoms with E-state index in [1.54, 1.807) is 6.07 Å². The van der Waals surface area contributed by atoms with Crippen LogP contribution < -0.4 is 9.64 Å². The van der Waals surface area contributed by atoms with Gasteiger partial charge in [0.25, 0.3) is 0 Å². The van der Waals surface area contributed by atoms with E-state index in [9.17, 15) is 4.79 Å². The summed E-state index contributed by atoms with van der Waals surface area (Å²) in [6.45, 7) is 4.81. The molecule has 0 fully saturated rings. The summed E-state index contributed by atoms with van der Waals surface area (Å²) >= 11 is 0.